The SMILES string of the molecule is CNc1nnc(SCc2csc(CC(=O)Nc3ccc(C)cc3)n2)s1. The van der Waals surface area contributed by atoms with Gasteiger partial charge in [0, 0.05) is 23.9 Å². The summed E-state index contributed by atoms with van der Waals surface area (Å²) in [5.41, 5.74) is 2.92. The summed E-state index contributed by atoms with van der Waals surface area (Å²) in [7, 11) is 1.82. The number of carbonyl (C=O) groups excluding carboxylic acids is 1. The Kier molecular flexibility index (Phi) is 6.00. The van der Waals surface area contributed by atoms with Crippen LogP contribution in [0.15, 0.2) is 34.0 Å². The van der Waals surface area contributed by atoms with Crippen molar-refractivity contribution in [1.29, 1.82) is 0 Å². The molecule has 2 aromatic heterocycles. The van der Waals surface area contributed by atoms with E-state index < -0.39 is 0 Å². The minimum Gasteiger partial charge on any atom is -0.363 e. The molecule has 0 unspecified atom stereocenters. The first kappa shape index (κ1) is 17.8. The van der Waals surface area contributed by atoms with E-state index >= 15 is 0 Å². The molecule has 25 heavy (non-hydrogen) atoms. The summed E-state index contributed by atoms with van der Waals surface area (Å²) in [6, 6.07) is 7.75. The maximum atomic E-state index is 12.1. The fourth-order valence-corrected chi connectivity index (χ4v) is 4.48. The number of aryl methyl sites for hydroxylation is 1. The Bertz CT molecular complexity index is 844. The third kappa shape index (κ3) is 5.25. The molecule has 0 aliphatic carbocycles. The fraction of sp³-hybridized carbons (Fsp3) is 0.250. The lowest BCUT2D eigenvalue weighted by Crippen LogP contribution is -2.14. The fourth-order valence-electron chi connectivity index (χ4n) is 1.98. The first-order valence-corrected chi connectivity index (χ1v) is 10.2. The number of carbonyl (C=O) groups is 1. The van der Waals surface area contributed by atoms with E-state index in [1.807, 2.05) is 43.6 Å². The van der Waals surface area contributed by atoms with Crippen molar-refractivity contribution in [2.45, 2.75) is 23.4 Å². The number of nitrogens with one attached hydrogen (secondary N) is 2. The van der Waals surface area contributed by atoms with Crippen LogP contribution in [0.1, 0.15) is 16.3 Å². The molecule has 2 heterocycles. The van der Waals surface area contributed by atoms with Crippen LogP contribution in [-0.2, 0) is 17.0 Å². The quantitative estimate of drug-likeness (QED) is 0.596. The van der Waals surface area contributed by atoms with Crippen molar-refractivity contribution < 1.29 is 4.79 Å². The van der Waals surface area contributed by atoms with Crippen LogP contribution in [0.3, 0.4) is 0 Å². The number of thiazole rings is 1. The van der Waals surface area contributed by atoms with Gasteiger partial charge in [-0.1, -0.05) is 40.8 Å². The molecule has 0 spiro atoms. The van der Waals surface area contributed by atoms with E-state index in [0.717, 1.165) is 31.4 Å². The molecule has 0 aliphatic rings. The third-order valence-corrected chi connectivity index (χ3v) is 6.22. The summed E-state index contributed by atoms with van der Waals surface area (Å²) in [4.78, 5) is 16.6. The molecule has 0 aliphatic heterocycles. The van der Waals surface area contributed by atoms with Crippen molar-refractivity contribution in [3.05, 3.63) is 45.9 Å². The van der Waals surface area contributed by atoms with E-state index in [9.17, 15) is 4.79 Å². The smallest absolute Gasteiger partial charge is 0.231 e. The van der Waals surface area contributed by atoms with Crippen molar-refractivity contribution in [2.75, 3.05) is 17.7 Å². The Hall–Kier alpha value is -1.97. The predicted octanol–water partition coefficient (Wildman–Crippen LogP) is 3.82. The number of hydrogen-bond donors (Lipinski definition) is 2. The molecule has 0 fully saturated rings. The van der Waals surface area contributed by atoms with Gasteiger partial charge in [0.05, 0.1) is 12.1 Å². The lowest BCUT2D eigenvalue weighted by Gasteiger charge is -2.04. The molecule has 9 heteroatoms. The number of hydrogen-bond acceptors (Lipinski definition) is 8. The van der Waals surface area contributed by atoms with E-state index in [1.54, 1.807) is 11.8 Å². The largest absolute Gasteiger partial charge is 0.363 e. The van der Waals surface area contributed by atoms with E-state index in [1.165, 1.54) is 22.7 Å². The van der Waals surface area contributed by atoms with Crippen molar-refractivity contribution in [3.8, 4) is 0 Å². The number of benzene rings is 1. The van der Waals surface area contributed by atoms with Gasteiger partial charge in [0.15, 0.2) is 4.34 Å². The average Bonchev–Trinajstić information content (AvgIpc) is 3.24. The summed E-state index contributed by atoms with van der Waals surface area (Å²) in [5.74, 6) is 0.661. The van der Waals surface area contributed by atoms with Gasteiger partial charge in [-0.3, -0.25) is 4.79 Å². The summed E-state index contributed by atoms with van der Waals surface area (Å²) < 4.78 is 0.899. The van der Waals surface area contributed by atoms with E-state index in [4.69, 9.17) is 0 Å². The van der Waals surface area contributed by atoms with Crippen molar-refractivity contribution in [2.24, 2.45) is 0 Å². The molecule has 0 saturated heterocycles. The number of rotatable bonds is 7. The van der Waals surface area contributed by atoms with Crippen molar-refractivity contribution >= 4 is 51.2 Å². The second-order valence-electron chi connectivity index (χ2n) is 5.24. The van der Waals surface area contributed by atoms with Crippen LogP contribution < -0.4 is 10.6 Å². The topological polar surface area (TPSA) is 79.8 Å². The lowest BCUT2D eigenvalue weighted by molar-refractivity contribution is -0.115. The van der Waals surface area contributed by atoms with Gasteiger partial charge >= 0.3 is 0 Å². The zero-order chi connectivity index (χ0) is 17.6. The second-order valence-corrected chi connectivity index (χ2v) is 8.38. The van der Waals surface area contributed by atoms with Gasteiger partial charge in [-0.25, -0.2) is 4.98 Å². The van der Waals surface area contributed by atoms with Crippen LogP contribution in [0.2, 0.25) is 0 Å². The number of aromatic nitrogens is 3. The highest BCUT2D eigenvalue weighted by molar-refractivity contribution is 8.00. The van der Waals surface area contributed by atoms with Gasteiger partial charge in [-0.05, 0) is 19.1 Å². The van der Waals surface area contributed by atoms with Gasteiger partial charge in [0.2, 0.25) is 11.0 Å². The Balaban J connectivity index is 1.50. The molecule has 1 amide bonds. The van der Waals surface area contributed by atoms with E-state index in [-0.39, 0.29) is 12.3 Å². The van der Waals surface area contributed by atoms with Crippen LogP contribution >= 0.6 is 34.4 Å². The maximum absolute atomic E-state index is 12.1. The predicted molar refractivity (Wildman–Crippen MR) is 105 cm³/mol. The van der Waals surface area contributed by atoms with Crippen LogP contribution in [0, 0.1) is 6.92 Å². The highest BCUT2D eigenvalue weighted by Crippen LogP contribution is 2.28. The molecule has 2 N–H and O–H groups in total. The van der Waals surface area contributed by atoms with Crippen LogP contribution in [0.4, 0.5) is 10.8 Å². The molecule has 3 aromatic rings. The van der Waals surface area contributed by atoms with Crippen LogP contribution in [0.25, 0.3) is 0 Å². The highest BCUT2D eigenvalue weighted by Gasteiger charge is 2.10. The summed E-state index contributed by atoms with van der Waals surface area (Å²) in [5, 5.41) is 17.6. The summed E-state index contributed by atoms with van der Waals surface area (Å²) in [6.45, 7) is 2.02. The molecule has 0 radical (unpaired) electrons. The van der Waals surface area contributed by atoms with Crippen molar-refractivity contribution in [3.63, 3.8) is 0 Å². The lowest BCUT2D eigenvalue weighted by atomic mass is 10.2. The molecular formula is C16H17N5OS3. The Labute approximate surface area is 158 Å². The van der Waals surface area contributed by atoms with Crippen LogP contribution in [-0.4, -0.2) is 28.1 Å². The van der Waals surface area contributed by atoms with Gasteiger partial charge in [0.1, 0.15) is 5.01 Å². The number of amides is 1. The summed E-state index contributed by atoms with van der Waals surface area (Å²) in [6.07, 6.45) is 0.284. The average molecular weight is 392 g/mol. The van der Waals surface area contributed by atoms with Gasteiger partial charge < -0.3 is 10.6 Å². The first-order chi connectivity index (χ1) is 12.1. The van der Waals surface area contributed by atoms with Gasteiger partial charge in [-0.15, -0.1) is 21.5 Å². The molecule has 0 bridgehead atoms. The Morgan fingerprint density at radius 1 is 1.24 bits per heavy atom. The molecule has 6 nitrogen and oxygen atoms in total. The maximum Gasteiger partial charge on any atom is 0.231 e. The number of anilines is 2. The molecule has 130 valence electrons. The number of nitrogens with zero attached hydrogens (tertiary/aromatic N) is 3. The standard InChI is InChI=1S/C16H17N5OS3/c1-10-3-5-11(6-4-10)18-13(22)7-14-19-12(8-23-14)9-24-16-21-20-15(17-2)25-16/h3-6,8H,7,9H2,1-2H3,(H,17,20)(H,18,22). The van der Waals surface area contributed by atoms with E-state index in [0.29, 0.717) is 5.75 Å². The summed E-state index contributed by atoms with van der Waals surface area (Å²) >= 11 is 4.61. The van der Waals surface area contributed by atoms with Crippen LogP contribution in [0.5, 0.6) is 0 Å². The minimum atomic E-state index is -0.0554. The number of thioether (sulfide) groups is 1. The normalized spacial score (nSPS) is 10.6. The molecule has 1 aromatic carbocycles. The molecule has 0 atom stereocenters. The zero-order valence-corrected chi connectivity index (χ0v) is 16.2. The van der Waals surface area contributed by atoms with Gasteiger partial charge in [-0.2, -0.15) is 0 Å². The minimum absolute atomic E-state index is 0.0554. The van der Waals surface area contributed by atoms with E-state index in [2.05, 4.69) is 25.8 Å². The molecular weight excluding hydrogens is 374 g/mol. The first-order valence-electron chi connectivity index (χ1n) is 7.56. The van der Waals surface area contributed by atoms with Crippen molar-refractivity contribution in [1.82, 2.24) is 15.2 Å². The zero-order valence-electron chi connectivity index (χ0n) is 13.8. The highest BCUT2D eigenvalue weighted by atomic mass is 32.2. The molecule has 3 rings (SSSR count). The third-order valence-electron chi connectivity index (χ3n) is 3.21. The Morgan fingerprint density at radius 3 is 2.76 bits per heavy atom. The second kappa shape index (κ2) is 8.41. The van der Waals surface area contributed by atoms with Gasteiger partial charge in [0.25, 0.3) is 0 Å². The molecule has 0 saturated carbocycles. The monoisotopic (exact) mass is 391 g/mol. The Morgan fingerprint density at radius 2 is 2.04 bits per heavy atom.